The van der Waals surface area contributed by atoms with E-state index in [-0.39, 0.29) is 41.6 Å². The number of carbonyl (C=O) groups excluding carboxylic acids is 1. The summed E-state index contributed by atoms with van der Waals surface area (Å²) in [6.07, 6.45) is -0.122. The van der Waals surface area contributed by atoms with Gasteiger partial charge in [-0.1, -0.05) is 6.07 Å². The molecule has 1 atom stereocenters. The number of Topliss-reactive ketones (excluding diaryl/α,β-unsaturated/α-hetero) is 1. The lowest BCUT2D eigenvalue weighted by molar-refractivity contribution is -0.00242. The first-order valence-corrected chi connectivity index (χ1v) is 7.16. The second kappa shape index (κ2) is 5.61. The molecule has 0 aliphatic carbocycles. The minimum atomic E-state index is -1.90. The van der Waals surface area contributed by atoms with Crippen molar-refractivity contribution in [2.24, 2.45) is 0 Å². The van der Waals surface area contributed by atoms with Gasteiger partial charge in [0.25, 0.3) is 0 Å². The molecule has 1 aliphatic heterocycles. The van der Waals surface area contributed by atoms with Crippen LogP contribution in [0.25, 0.3) is 0 Å². The van der Waals surface area contributed by atoms with Gasteiger partial charge in [-0.3, -0.25) is 4.79 Å². The number of benzene rings is 2. The van der Waals surface area contributed by atoms with E-state index >= 15 is 0 Å². The molecular weight excluding hydrogens is 316 g/mol. The van der Waals surface area contributed by atoms with Gasteiger partial charge in [-0.25, -0.2) is 0 Å². The molecule has 2 aromatic rings. The average Bonchev–Trinajstić information content (AvgIpc) is 2.51. The summed E-state index contributed by atoms with van der Waals surface area (Å²) in [6.45, 7) is -0.339. The van der Waals surface area contributed by atoms with E-state index in [4.69, 9.17) is 9.47 Å². The van der Waals surface area contributed by atoms with E-state index in [1.807, 2.05) is 0 Å². The number of fused-ring (bicyclic) bond motifs is 1. The van der Waals surface area contributed by atoms with E-state index < -0.39 is 17.1 Å². The molecule has 1 aliphatic rings. The van der Waals surface area contributed by atoms with Crippen molar-refractivity contribution >= 4 is 5.78 Å². The van der Waals surface area contributed by atoms with Crippen molar-refractivity contribution in [2.45, 2.75) is 12.0 Å². The van der Waals surface area contributed by atoms with E-state index in [1.54, 1.807) is 6.07 Å². The number of rotatable bonds is 3. The summed E-state index contributed by atoms with van der Waals surface area (Å²) in [4.78, 5) is 12.6. The van der Waals surface area contributed by atoms with Gasteiger partial charge >= 0.3 is 0 Å². The summed E-state index contributed by atoms with van der Waals surface area (Å²) < 4.78 is 10.3. The highest BCUT2D eigenvalue weighted by atomic mass is 16.5. The Kier molecular flexibility index (Phi) is 3.73. The largest absolute Gasteiger partial charge is 0.508 e. The van der Waals surface area contributed by atoms with Crippen LogP contribution in [-0.2, 0) is 6.42 Å². The smallest absolute Gasteiger partial charge is 0.205 e. The lowest BCUT2D eigenvalue weighted by Crippen LogP contribution is -2.49. The van der Waals surface area contributed by atoms with Gasteiger partial charge in [-0.2, -0.15) is 0 Å². The van der Waals surface area contributed by atoms with Gasteiger partial charge in [-0.15, -0.1) is 0 Å². The zero-order valence-electron chi connectivity index (χ0n) is 12.8. The molecule has 0 saturated heterocycles. The predicted octanol–water partition coefficient (Wildman–Crippen LogP) is 1.36. The summed E-state index contributed by atoms with van der Waals surface area (Å²) in [7, 11) is 1.41. The molecular formula is C17H16O7. The minimum Gasteiger partial charge on any atom is -0.508 e. The first kappa shape index (κ1) is 15.9. The minimum absolute atomic E-state index is 0.0137. The van der Waals surface area contributed by atoms with Crippen LogP contribution < -0.4 is 9.47 Å². The lowest BCUT2D eigenvalue weighted by atomic mass is 9.85. The van der Waals surface area contributed by atoms with Crippen LogP contribution in [0.15, 0.2) is 30.3 Å². The first-order valence-electron chi connectivity index (χ1n) is 7.16. The van der Waals surface area contributed by atoms with E-state index in [0.717, 1.165) is 6.07 Å². The predicted molar refractivity (Wildman–Crippen MR) is 82.9 cm³/mol. The maximum Gasteiger partial charge on any atom is 0.205 e. The summed E-state index contributed by atoms with van der Waals surface area (Å²) in [5.74, 6) is -1.25. The van der Waals surface area contributed by atoms with Crippen LogP contribution in [0.5, 0.6) is 28.7 Å². The Hall–Kier alpha value is -2.93. The van der Waals surface area contributed by atoms with Crippen LogP contribution in [0.1, 0.15) is 15.9 Å². The Morgan fingerprint density at radius 3 is 2.58 bits per heavy atom. The number of ether oxygens (including phenoxy) is 2. The van der Waals surface area contributed by atoms with Crippen molar-refractivity contribution in [3.63, 3.8) is 0 Å². The highest BCUT2D eigenvalue weighted by molar-refractivity contribution is 6.08. The molecule has 0 spiro atoms. The topological polar surface area (TPSA) is 116 Å². The van der Waals surface area contributed by atoms with Crippen molar-refractivity contribution < 1.29 is 34.7 Å². The molecule has 126 valence electrons. The highest BCUT2D eigenvalue weighted by Crippen LogP contribution is 2.40. The summed E-state index contributed by atoms with van der Waals surface area (Å²) in [6, 6.07) is 6.72. The third-order valence-corrected chi connectivity index (χ3v) is 3.92. The number of phenols is 3. The van der Waals surface area contributed by atoms with Gasteiger partial charge in [0.05, 0.1) is 7.11 Å². The van der Waals surface area contributed by atoms with Gasteiger partial charge in [-0.05, 0) is 17.7 Å². The SMILES string of the molecule is COc1ccc(C[C@@]2(O)COc3cc(O)cc(O)c3C2=O)cc1O. The molecule has 4 N–H and O–H groups in total. The van der Waals surface area contributed by atoms with Crippen LogP contribution in [0.4, 0.5) is 0 Å². The van der Waals surface area contributed by atoms with Crippen molar-refractivity contribution in [2.75, 3.05) is 13.7 Å². The van der Waals surface area contributed by atoms with Gasteiger partial charge in [0, 0.05) is 18.6 Å². The number of carbonyl (C=O) groups is 1. The van der Waals surface area contributed by atoms with E-state index in [0.29, 0.717) is 5.56 Å². The molecule has 1 heterocycles. The molecule has 0 saturated carbocycles. The fourth-order valence-electron chi connectivity index (χ4n) is 2.74. The maximum absolute atomic E-state index is 12.6. The fraction of sp³-hybridized carbons (Fsp3) is 0.235. The van der Waals surface area contributed by atoms with E-state index in [2.05, 4.69) is 0 Å². The number of hydrogen-bond donors (Lipinski definition) is 4. The van der Waals surface area contributed by atoms with Crippen LogP contribution in [0.2, 0.25) is 0 Å². The zero-order valence-corrected chi connectivity index (χ0v) is 12.8. The molecule has 0 bridgehead atoms. The number of ketones is 1. The molecule has 0 unspecified atom stereocenters. The van der Waals surface area contributed by atoms with Crippen molar-refractivity contribution in [3.8, 4) is 28.7 Å². The lowest BCUT2D eigenvalue weighted by Gasteiger charge is -2.32. The van der Waals surface area contributed by atoms with Gasteiger partial charge in [0.1, 0.15) is 29.4 Å². The van der Waals surface area contributed by atoms with Gasteiger partial charge in [0.15, 0.2) is 17.1 Å². The number of aliphatic hydroxyl groups is 1. The van der Waals surface area contributed by atoms with Gasteiger partial charge in [0.2, 0.25) is 5.78 Å². The second-order valence-corrected chi connectivity index (χ2v) is 5.67. The maximum atomic E-state index is 12.6. The zero-order chi connectivity index (χ0) is 17.5. The standard InChI is InChI=1S/C17H16O7/c1-23-13-3-2-9(4-11(13)19)7-17(22)8-24-14-6-10(18)5-12(20)15(14)16(17)21/h2-6,18-20,22H,7-8H2,1H3/t17-/m1/s1. The molecule has 0 aromatic heterocycles. The van der Waals surface area contributed by atoms with Crippen molar-refractivity contribution in [1.29, 1.82) is 0 Å². The monoisotopic (exact) mass is 332 g/mol. The van der Waals surface area contributed by atoms with Crippen molar-refractivity contribution in [3.05, 3.63) is 41.5 Å². The molecule has 7 nitrogen and oxygen atoms in total. The van der Waals surface area contributed by atoms with Crippen LogP contribution in [0, 0.1) is 0 Å². The molecule has 3 rings (SSSR count). The van der Waals surface area contributed by atoms with E-state index in [9.17, 15) is 25.2 Å². The molecule has 0 amide bonds. The van der Waals surface area contributed by atoms with Crippen LogP contribution >= 0.6 is 0 Å². The number of phenolic OH excluding ortho intramolecular Hbond substituents is 3. The van der Waals surface area contributed by atoms with Crippen molar-refractivity contribution in [1.82, 2.24) is 0 Å². The third kappa shape index (κ3) is 2.59. The Morgan fingerprint density at radius 1 is 1.17 bits per heavy atom. The second-order valence-electron chi connectivity index (χ2n) is 5.67. The van der Waals surface area contributed by atoms with Gasteiger partial charge < -0.3 is 29.9 Å². The van der Waals surface area contributed by atoms with Crippen LogP contribution in [0.3, 0.4) is 0 Å². The Bertz CT molecular complexity index is 815. The first-order chi connectivity index (χ1) is 11.3. The van der Waals surface area contributed by atoms with Crippen LogP contribution in [-0.4, -0.2) is 45.5 Å². The molecule has 24 heavy (non-hydrogen) atoms. The average molecular weight is 332 g/mol. The molecule has 2 aromatic carbocycles. The Morgan fingerprint density at radius 2 is 1.92 bits per heavy atom. The molecule has 0 fully saturated rings. The summed E-state index contributed by atoms with van der Waals surface area (Å²) in [5, 5.41) is 39.8. The summed E-state index contributed by atoms with van der Waals surface area (Å²) in [5.41, 5.74) is -1.59. The summed E-state index contributed by atoms with van der Waals surface area (Å²) >= 11 is 0. The highest BCUT2D eigenvalue weighted by Gasteiger charge is 2.44. The fourth-order valence-corrected chi connectivity index (χ4v) is 2.74. The quantitative estimate of drug-likeness (QED) is 0.670. The number of aromatic hydroxyl groups is 3. The molecule has 0 radical (unpaired) electrons. The number of methoxy groups -OCH3 is 1. The third-order valence-electron chi connectivity index (χ3n) is 3.92. The number of hydrogen-bond acceptors (Lipinski definition) is 7. The normalized spacial score (nSPS) is 19.5. The molecule has 7 heteroatoms. The Balaban J connectivity index is 1.94. The van der Waals surface area contributed by atoms with E-state index in [1.165, 1.54) is 25.3 Å². The Labute approximate surface area is 137 Å².